The van der Waals surface area contributed by atoms with Crippen LogP contribution in [0.5, 0.6) is 0 Å². The summed E-state index contributed by atoms with van der Waals surface area (Å²) in [5, 5.41) is 9.08. The summed E-state index contributed by atoms with van der Waals surface area (Å²) < 4.78 is 0. The maximum Gasteiger partial charge on any atom is 0.253 e. The second kappa shape index (κ2) is 7.41. The van der Waals surface area contributed by atoms with E-state index in [9.17, 15) is 9.59 Å². The predicted octanol–water partition coefficient (Wildman–Crippen LogP) is 2.82. The SMILES string of the molecule is O=C1NCC(c2ccccc2)C1C(=O)NN=Cc1ccc2ccccc2c1. The molecule has 1 heterocycles. The van der Waals surface area contributed by atoms with Crippen molar-refractivity contribution in [1.29, 1.82) is 0 Å². The molecule has 1 fully saturated rings. The van der Waals surface area contributed by atoms with Crippen LogP contribution in [0.15, 0.2) is 77.9 Å². The Balaban J connectivity index is 1.47. The molecule has 4 rings (SSSR count). The number of rotatable bonds is 4. The molecule has 5 nitrogen and oxygen atoms in total. The first-order valence-electron chi connectivity index (χ1n) is 8.87. The molecule has 2 amide bonds. The van der Waals surface area contributed by atoms with Crippen LogP contribution >= 0.6 is 0 Å². The normalized spacial score (nSPS) is 19.3. The molecule has 27 heavy (non-hydrogen) atoms. The average Bonchev–Trinajstić information content (AvgIpc) is 3.10. The number of amides is 2. The van der Waals surface area contributed by atoms with Gasteiger partial charge in [-0.1, -0.05) is 66.7 Å². The Kier molecular flexibility index (Phi) is 4.66. The van der Waals surface area contributed by atoms with Crippen LogP contribution in [-0.2, 0) is 9.59 Å². The zero-order valence-electron chi connectivity index (χ0n) is 14.6. The largest absolute Gasteiger partial charge is 0.355 e. The van der Waals surface area contributed by atoms with Gasteiger partial charge in [-0.15, -0.1) is 0 Å². The van der Waals surface area contributed by atoms with Crippen molar-refractivity contribution in [1.82, 2.24) is 10.7 Å². The lowest BCUT2D eigenvalue weighted by Crippen LogP contribution is -2.34. The van der Waals surface area contributed by atoms with Gasteiger partial charge in [0.05, 0.1) is 6.21 Å². The van der Waals surface area contributed by atoms with Crippen molar-refractivity contribution < 1.29 is 9.59 Å². The first-order valence-corrected chi connectivity index (χ1v) is 8.87. The molecule has 134 valence electrons. The quantitative estimate of drug-likeness (QED) is 0.428. The third kappa shape index (κ3) is 3.58. The van der Waals surface area contributed by atoms with E-state index in [0.717, 1.165) is 21.9 Å². The van der Waals surface area contributed by atoms with E-state index in [1.54, 1.807) is 6.21 Å². The summed E-state index contributed by atoms with van der Waals surface area (Å²) in [4.78, 5) is 24.7. The van der Waals surface area contributed by atoms with Crippen LogP contribution in [0.25, 0.3) is 10.8 Å². The zero-order chi connectivity index (χ0) is 18.6. The number of carbonyl (C=O) groups is 2. The van der Waals surface area contributed by atoms with Gasteiger partial charge < -0.3 is 5.32 Å². The molecule has 2 N–H and O–H groups in total. The molecule has 3 aromatic rings. The molecule has 1 saturated heterocycles. The lowest BCUT2D eigenvalue weighted by molar-refractivity contribution is -0.133. The first kappa shape index (κ1) is 17.0. The maximum absolute atomic E-state index is 12.6. The van der Waals surface area contributed by atoms with E-state index in [4.69, 9.17) is 0 Å². The van der Waals surface area contributed by atoms with Crippen molar-refractivity contribution in [3.63, 3.8) is 0 Å². The van der Waals surface area contributed by atoms with Crippen LogP contribution in [0.1, 0.15) is 17.0 Å². The van der Waals surface area contributed by atoms with Gasteiger partial charge in [0, 0.05) is 12.5 Å². The Labute approximate surface area is 157 Å². The minimum absolute atomic E-state index is 0.186. The Hall–Kier alpha value is -3.47. The fraction of sp³-hybridized carbons (Fsp3) is 0.136. The van der Waals surface area contributed by atoms with E-state index in [-0.39, 0.29) is 11.8 Å². The number of fused-ring (bicyclic) bond motifs is 1. The molecule has 3 aromatic carbocycles. The number of benzene rings is 3. The van der Waals surface area contributed by atoms with Gasteiger partial charge in [-0.3, -0.25) is 9.59 Å². The van der Waals surface area contributed by atoms with Gasteiger partial charge in [0.25, 0.3) is 5.91 Å². The highest BCUT2D eigenvalue weighted by molar-refractivity contribution is 6.03. The van der Waals surface area contributed by atoms with Crippen molar-refractivity contribution in [2.24, 2.45) is 11.0 Å². The van der Waals surface area contributed by atoms with Gasteiger partial charge in [0.1, 0.15) is 5.92 Å². The van der Waals surface area contributed by atoms with E-state index < -0.39 is 11.8 Å². The highest BCUT2D eigenvalue weighted by atomic mass is 16.2. The van der Waals surface area contributed by atoms with Gasteiger partial charge in [0.2, 0.25) is 5.91 Å². The summed E-state index contributed by atoms with van der Waals surface area (Å²) in [5.41, 5.74) is 4.37. The fourth-order valence-electron chi connectivity index (χ4n) is 3.46. The molecule has 2 unspecified atom stereocenters. The molecule has 2 atom stereocenters. The summed E-state index contributed by atoms with van der Waals surface area (Å²) >= 11 is 0. The van der Waals surface area contributed by atoms with E-state index in [1.165, 1.54) is 0 Å². The Bertz CT molecular complexity index is 1010. The Morgan fingerprint density at radius 2 is 1.74 bits per heavy atom. The van der Waals surface area contributed by atoms with Crippen LogP contribution in [0.4, 0.5) is 0 Å². The number of hydrazone groups is 1. The van der Waals surface area contributed by atoms with Gasteiger partial charge >= 0.3 is 0 Å². The number of hydrogen-bond donors (Lipinski definition) is 2. The van der Waals surface area contributed by atoms with Crippen molar-refractivity contribution in [3.8, 4) is 0 Å². The van der Waals surface area contributed by atoms with Crippen LogP contribution < -0.4 is 10.7 Å². The minimum atomic E-state index is -0.777. The Morgan fingerprint density at radius 3 is 2.56 bits per heavy atom. The first-order chi connectivity index (χ1) is 13.2. The highest BCUT2D eigenvalue weighted by Crippen LogP contribution is 2.29. The third-order valence-corrected chi connectivity index (χ3v) is 4.85. The summed E-state index contributed by atoms with van der Waals surface area (Å²) in [6.45, 7) is 0.454. The molecular formula is C22H19N3O2. The van der Waals surface area contributed by atoms with E-state index in [2.05, 4.69) is 15.8 Å². The third-order valence-electron chi connectivity index (χ3n) is 4.85. The molecular weight excluding hydrogens is 338 g/mol. The fourth-order valence-corrected chi connectivity index (χ4v) is 3.46. The van der Waals surface area contributed by atoms with E-state index in [1.807, 2.05) is 72.8 Å². The van der Waals surface area contributed by atoms with Gasteiger partial charge in [-0.05, 0) is 28.0 Å². The van der Waals surface area contributed by atoms with E-state index in [0.29, 0.717) is 6.54 Å². The smallest absolute Gasteiger partial charge is 0.253 e. The average molecular weight is 357 g/mol. The lowest BCUT2D eigenvalue weighted by Gasteiger charge is -2.15. The van der Waals surface area contributed by atoms with E-state index >= 15 is 0 Å². The monoisotopic (exact) mass is 357 g/mol. The van der Waals surface area contributed by atoms with Crippen LogP contribution in [0.3, 0.4) is 0 Å². The van der Waals surface area contributed by atoms with Crippen LogP contribution in [-0.4, -0.2) is 24.6 Å². The summed E-state index contributed by atoms with van der Waals surface area (Å²) in [6, 6.07) is 23.6. The molecule has 0 radical (unpaired) electrons. The minimum Gasteiger partial charge on any atom is -0.355 e. The summed E-state index contributed by atoms with van der Waals surface area (Å²) in [5.74, 6) is -1.62. The van der Waals surface area contributed by atoms with Crippen molar-refractivity contribution in [2.45, 2.75) is 5.92 Å². The van der Waals surface area contributed by atoms with Gasteiger partial charge in [-0.2, -0.15) is 5.10 Å². The number of hydrogen-bond acceptors (Lipinski definition) is 3. The Morgan fingerprint density at radius 1 is 1.00 bits per heavy atom. The lowest BCUT2D eigenvalue weighted by atomic mass is 9.88. The van der Waals surface area contributed by atoms with Gasteiger partial charge in [-0.25, -0.2) is 5.43 Å². The van der Waals surface area contributed by atoms with Gasteiger partial charge in [0.15, 0.2) is 0 Å². The molecule has 0 aromatic heterocycles. The maximum atomic E-state index is 12.6. The van der Waals surface area contributed by atoms with Crippen LogP contribution in [0, 0.1) is 5.92 Å². The molecule has 5 heteroatoms. The van der Waals surface area contributed by atoms with Crippen molar-refractivity contribution >= 4 is 28.8 Å². The molecule has 0 aliphatic carbocycles. The van der Waals surface area contributed by atoms with Crippen molar-refractivity contribution in [3.05, 3.63) is 83.9 Å². The topological polar surface area (TPSA) is 70.6 Å². The standard InChI is InChI=1S/C22H19N3O2/c26-21-20(19(14-23-21)17-7-2-1-3-8-17)22(27)25-24-13-15-10-11-16-6-4-5-9-18(16)12-15/h1-13,19-20H,14H2,(H,23,26)(H,25,27). The summed E-state index contributed by atoms with van der Waals surface area (Å²) in [6.07, 6.45) is 1.59. The molecule has 0 spiro atoms. The molecule has 1 aliphatic rings. The number of carbonyl (C=O) groups excluding carboxylic acids is 2. The highest BCUT2D eigenvalue weighted by Gasteiger charge is 2.40. The number of nitrogens with zero attached hydrogens (tertiary/aromatic N) is 1. The molecule has 0 bridgehead atoms. The number of nitrogens with one attached hydrogen (secondary N) is 2. The van der Waals surface area contributed by atoms with Crippen molar-refractivity contribution in [2.75, 3.05) is 6.54 Å². The second-order valence-electron chi connectivity index (χ2n) is 6.58. The van der Waals surface area contributed by atoms with Crippen LogP contribution in [0.2, 0.25) is 0 Å². The molecule has 0 saturated carbocycles. The summed E-state index contributed by atoms with van der Waals surface area (Å²) in [7, 11) is 0. The molecule has 1 aliphatic heterocycles. The second-order valence-corrected chi connectivity index (χ2v) is 6.58. The predicted molar refractivity (Wildman–Crippen MR) is 105 cm³/mol. The zero-order valence-corrected chi connectivity index (χ0v) is 14.6.